The number of fused-ring (bicyclic) bond motifs is 1. The highest BCUT2D eigenvalue weighted by Crippen LogP contribution is 2.31. The van der Waals surface area contributed by atoms with Crippen LogP contribution in [0.5, 0.6) is 5.75 Å². The number of hydrogen-bond donors (Lipinski definition) is 0. The third-order valence-electron chi connectivity index (χ3n) is 4.79. The number of aryl methyl sites for hydroxylation is 2. The molecule has 3 rings (SSSR count). The Bertz CT molecular complexity index is 1060. The summed E-state index contributed by atoms with van der Waals surface area (Å²) in [5, 5.41) is 0. The van der Waals surface area contributed by atoms with E-state index < -0.39 is 0 Å². The Kier molecular flexibility index (Phi) is 7.23. The van der Waals surface area contributed by atoms with Gasteiger partial charge in [0.05, 0.1) is 18.7 Å². The number of methoxy groups -OCH3 is 1. The van der Waals surface area contributed by atoms with Gasteiger partial charge in [-0.05, 0) is 37.6 Å². The molecule has 0 aliphatic rings. The lowest BCUT2D eigenvalue weighted by Crippen LogP contribution is -2.31. The van der Waals surface area contributed by atoms with Crippen molar-refractivity contribution in [1.82, 2.24) is 14.5 Å². The topological polar surface area (TPSA) is 73.7 Å². The molecule has 0 atom stereocenters. The second-order valence-electron chi connectivity index (χ2n) is 6.74. The molecule has 0 saturated carbocycles. The van der Waals surface area contributed by atoms with E-state index in [4.69, 9.17) is 9.47 Å². The molecule has 0 aliphatic carbocycles. The minimum Gasteiger partial charge on any atom is -0.489 e. The van der Waals surface area contributed by atoms with Gasteiger partial charge in [-0.15, -0.1) is 0 Å². The summed E-state index contributed by atoms with van der Waals surface area (Å²) >= 11 is 3.49. The van der Waals surface area contributed by atoms with Crippen LogP contribution in [-0.2, 0) is 22.6 Å². The quantitative estimate of drug-likeness (QED) is 0.347. The van der Waals surface area contributed by atoms with Crippen LogP contribution in [0.2, 0.25) is 0 Å². The smallest absolute Gasteiger partial charge is 0.260 e. The SMILES string of the molecule is CCn1c(CN(C=O)C(=O)c2ccccc2C)nc2cc(Br)cc(OCCOC)c21. The van der Waals surface area contributed by atoms with Crippen molar-refractivity contribution in [3.8, 4) is 5.75 Å². The average Bonchev–Trinajstić information content (AvgIpc) is 3.08. The number of amides is 2. The second-order valence-corrected chi connectivity index (χ2v) is 7.65. The van der Waals surface area contributed by atoms with E-state index in [1.165, 1.54) is 0 Å². The van der Waals surface area contributed by atoms with Crippen LogP contribution in [0, 0.1) is 6.92 Å². The highest BCUT2D eigenvalue weighted by molar-refractivity contribution is 9.10. The van der Waals surface area contributed by atoms with Crippen LogP contribution in [0.3, 0.4) is 0 Å². The summed E-state index contributed by atoms with van der Waals surface area (Å²) in [7, 11) is 1.62. The molecule has 0 N–H and O–H groups in total. The molecule has 0 spiro atoms. The Hall–Kier alpha value is -2.71. The number of nitrogens with zero attached hydrogens (tertiary/aromatic N) is 3. The fourth-order valence-electron chi connectivity index (χ4n) is 3.33. The summed E-state index contributed by atoms with van der Waals surface area (Å²) in [6, 6.07) is 11.0. The highest BCUT2D eigenvalue weighted by Gasteiger charge is 2.22. The van der Waals surface area contributed by atoms with Crippen molar-refractivity contribution >= 4 is 39.3 Å². The fraction of sp³-hybridized carbons (Fsp3) is 0.318. The number of halogens is 1. The van der Waals surface area contributed by atoms with Crippen LogP contribution in [0.15, 0.2) is 40.9 Å². The van der Waals surface area contributed by atoms with Crippen LogP contribution in [-0.4, -0.2) is 47.1 Å². The van der Waals surface area contributed by atoms with Crippen LogP contribution >= 0.6 is 15.9 Å². The molecule has 0 unspecified atom stereocenters. The Labute approximate surface area is 183 Å². The van der Waals surface area contributed by atoms with E-state index in [0.29, 0.717) is 43.3 Å². The number of ether oxygens (including phenoxy) is 2. The molecule has 3 aromatic rings. The van der Waals surface area contributed by atoms with Crippen molar-refractivity contribution in [1.29, 1.82) is 0 Å². The normalized spacial score (nSPS) is 10.9. The number of carbonyl (C=O) groups excluding carboxylic acids is 2. The maximum Gasteiger partial charge on any atom is 0.260 e. The predicted octanol–water partition coefficient (Wildman–Crippen LogP) is 3.95. The number of aromatic nitrogens is 2. The Balaban J connectivity index is 1.98. The monoisotopic (exact) mass is 473 g/mol. The van der Waals surface area contributed by atoms with E-state index in [0.717, 1.165) is 26.0 Å². The average molecular weight is 474 g/mol. The zero-order valence-corrected chi connectivity index (χ0v) is 18.8. The molecular formula is C22H24BrN3O4. The summed E-state index contributed by atoms with van der Waals surface area (Å²) in [6.45, 7) is 5.37. The van der Waals surface area contributed by atoms with Gasteiger partial charge >= 0.3 is 0 Å². The number of imidazole rings is 1. The summed E-state index contributed by atoms with van der Waals surface area (Å²) in [5.74, 6) is 0.923. The molecule has 1 aromatic heterocycles. The summed E-state index contributed by atoms with van der Waals surface area (Å²) in [6.07, 6.45) is 0.556. The molecule has 2 aromatic carbocycles. The second kappa shape index (κ2) is 9.86. The van der Waals surface area contributed by atoms with Gasteiger partial charge in [-0.25, -0.2) is 4.98 Å². The van der Waals surface area contributed by atoms with E-state index in [1.807, 2.05) is 42.7 Å². The van der Waals surface area contributed by atoms with E-state index in [-0.39, 0.29) is 12.5 Å². The first-order chi connectivity index (χ1) is 14.5. The van der Waals surface area contributed by atoms with Crippen molar-refractivity contribution in [2.75, 3.05) is 20.3 Å². The van der Waals surface area contributed by atoms with E-state index in [9.17, 15) is 9.59 Å². The summed E-state index contributed by atoms with van der Waals surface area (Å²) in [5.41, 5.74) is 2.86. The molecule has 1 heterocycles. The maximum absolute atomic E-state index is 12.9. The van der Waals surface area contributed by atoms with Gasteiger partial charge in [0.25, 0.3) is 5.91 Å². The van der Waals surface area contributed by atoms with Gasteiger partial charge < -0.3 is 14.0 Å². The molecule has 0 saturated heterocycles. The number of benzene rings is 2. The van der Waals surface area contributed by atoms with Gasteiger partial charge in [0.1, 0.15) is 23.7 Å². The number of hydrogen-bond acceptors (Lipinski definition) is 5. The molecule has 0 fully saturated rings. The van der Waals surface area contributed by atoms with Crippen molar-refractivity contribution in [2.45, 2.75) is 26.9 Å². The highest BCUT2D eigenvalue weighted by atomic mass is 79.9. The molecule has 7 nitrogen and oxygen atoms in total. The molecule has 30 heavy (non-hydrogen) atoms. The summed E-state index contributed by atoms with van der Waals surface area (Å²) < 4.78 is 13.8. The van der Waals surface area contributed by atoms with Crippen LogP contribution < -0.4 is 4.74 Å². The first kappa shape index (κ1) is 22.0. The van der Waals surface area contributed by atoms with Crippen molar-refractivity contribution in [2.24, 2.45) is 0 Å². The fourth-order valence-corrected chi connectivity index (χ4v) is 3.75. The molecule has 0 bridgehead atoms. The van der Waals surface area contributed by atoms with Crippen LogP contribution in [0.25, 0.3) is 11.0 Å². The third kappa shape index (κ3) is 4.55. The van der Waals surface area contributed by atoms with E-state index in [1.54, 1.807) is 19.2 Å². The van der Waals surface area contributed by atoms with Gasteiger partial charge in [0, 0.05) is 23.7 Å². The van der Waals surface area contributed by atoms with Gasteiger partial charge in [-0.1, -0.05) is 34.1 Å². The molecular weight excluding hydrogens is 450 g/mol. The third-order valence-corrected chi connectivity index (χ3v) is 5.25. The molecule has 0 aliphatic heterocycles. The van der Waals surface area contributed by atoms with Crippen molar-refractivity contribution in [3.63, 3.8) is 0 Å². The largest absolute Gasteiger partial charge is 0.489 e. The van der Waals surface area contributed by atoms with Gasteiger partial charge in [-0.3, -0.25) is 14.5 Å². The summed E-state index contributed by atoms with van der Waals surface area (Å²) in [4.78, 5) is 30.5. The van der Waals surface area contributed by atoms with Gasteiger partial charge in [0.15, 0.2) is 0 Å². The minimum atomic E-state index is -0.351. The lowest BCUT2D eigenvalue weighted by molar-refractivity contribution is -0.116. The van der Waals surface area contributed by atoms with E-state index in [2.05, 4.69) is 20.9 Å². The van der Waals surface area contributed by atoms with E-state index >= 15 is 0 Å². The number of imide groups is 1. The first-order valence-electron chi connectivity index (χ1n) is 9.62. The lowest BCUT2D eigenvalue weighted by Gasteiger charge is -2.17. The maximum atomic E-state index is 12.9. The number of rotatable bonds is 9. The molecule has 2 amide bonds. The van der Waals surface area contributed by atoms with Gasteiger partial charge in [0.2, 0.25) is 6.41 Å². The van der Waals surface area contributed by atoms with Crippen molar-refractivity contribution in [3.05, 3.63) is 57.8 Å². The van der Waals surface area contributed by atoms with Gasteiger partial charge in [-0.2, -0.15) is 0 Å². The molecule has 0 radical (unpaired) electrons. The zero-order valence-electron chi connectivity index (χ0n) is 17.2. The van der Waals surface area contributed by atoms with Crippen molar-refractivity contribution < 1.29 is 19.1 Å². The molecule has 158 valence electrons. The Morgan fingerprint density at radius 2 is 2.03 bits per heavy atom. The molecule has 8 heteroatoms. The predicted molar refractivity (Wildman–Crippen MR) is 118 cm³/mol. The zero-order chi connectivity index (χ0) is 21.7. The lowest BCUT2D eigenvalue weighted by atomic mass is 10.1. The Morgan fingerprint density at radius 3 is 2.70 bits per heavy atom. The van der Waals surface area contributed by atoms with Crippen LogP contribution in [0.1, 0.15) is 28.7 Å². The number of carbonyl (C=O) groups is 2. The Morgan fingerprint density at radius 1 is 1.27 bits per heavy atom. The minimum absolute atomic E-state index is 0.0638. The van der Waals surface area contributed by atoms with Crippen LogP contribution in [0.4, 0.5) is 0 Å². The standard InChI is InChI=1S/C22H24BrN3O4/c1-4-26-20(13-25(14-27)22(28)17-8-6-5-7-15(17)2)24-18-11-16(23)12-19(21(18)26)30-10-9-29-3/h5-8,11-12,14H,4,9-10,13H2,1-3H3. The first-order valence-corrected chi connectivity index (χ1v) is 10.4.